The lowest BCUT2D eigenvalue weighted by Gasteiger charge is -2.44. The summed E-state index contributed by atoms with van der Waals surface area (Å²) in [4.78, 5) is 24.2. The van der Waals surface area contributed by atoms with Gasteiger partial charge in [-0.25, -0.2) is 18.7 Å². The minimum absolute atomic E-state index is 0. The lowest BCUT2D eigenvalue weighted by Crippen LogP contribution is -2.47. The number of carbonyl (C=O) groups is 1. The number of nitrogens with two attached hydrogens (primary N) is 1. The highest BCUT2D eigenvalue weighted by molar-refractivity contribution is 8.13. The summed E-state index contributed by atoms with van der Waals surface area (Å²) in [6.07, 6.45) is 2.30. The third-order valence-electron chi connectivity index (χ3n) is 4.88. The molecule has 1 saturated heterocycles. The molecule has 1 amide bonds. The molecule has 7 nitrogen and oxygen atoms in total. The fourth-order valence-electron chi connectivity index (χ4n) is 3.51. The van der Waals surface area contributed by atoms with Gasteiger partial charge in [-0.3, -0.25) is 9.79 Å². The Kier molecular flexibility index (Phi) is 6.35. The Morgan fingerprint density at radius 2 is 2.07 bits per heavy atom. The van der Waals surface area contributed by atoms with Gasteiger partial charge in [-0.2, -0.15) is 0 Å². The van der Waals surface area contributed by atoms with Crippen molar-refractivity contribution in [3.63, 3.8) is 0 Å². The van der Waals surface area contributed by atoms with Gasteiger partial charge in [0, 0.05) is 35.9 Å². The zero-order valence-corrected chi connectivity index (χ0v) is 16.7. The van der Waals surface area contributed by atoms with E-state index in [-0.39, 0.29) is 24.1 Å². The van der Waals surface area contributed by atoms with Gasteiger partial charge in [0.2, 0.25) is 5.82 Å². The zero-order valence-electron chi connectivity index (χ0n) is 15.1. The molecule has 154 valence electrons. The van der Waals surface area contributed by atoms with E-state index in [4.69, 9.17) is 10.5 Å². The Balaban J connectivity index is 0.00000240. The Bertz CT molecular complexity index is 946. The van der Waals surface area contributed by atoms with Crippen molar-refractivity contribution in [2.75, 3.05) is 24.3 Å². The lowest BCUT2D eigenvalue weighted by molar-refractivity contribution is 0.00886. The van der Waals surface area contributed by atoms with Crippen LogP contribution in [0.4, 0.5) is 14.5 Å². The molecule has 0 aliphatic carbocycles. The first-order valence-electron chi connectivity index (χ1n) is 8.63. The van der Waals surface area contributed by atoms with Crippen LogP contribution in [0.5, 0.6) is 0 Å². The molecule has 0 unspecified atom stereocenters. The van der Waals surface area contributed by atoms with Gasteiger partial charge in [0.25, 0.3) is 5.91 Å². The maximum Gasteiger partial charge on any atom is 0.293 e. The van der Waals surface area contributed by atoms with Crippen molar-refractivity contribution in [1.82, 2.24) is 9.97 Å². The van der Waals surface area contributed by atoms with Crippen LogP contribution in [0.1, 0.15) is 22.6 Å². The largest absolute Gasteiger partial charge is 0.381 e. The number of aliphatic imine (C=N–C) groups is 1. The molecule has 3 heterocycles. The van der Waals surface area contributed by atoms with Crippen LogP contribution < -0.4 is 11.1 Å². The number of anilines is 1. The second-order valence-corrected chi connectivity index (χ2v) is 7.62. The normalized spacial score (nSPS) is 23.4. The van der Waals surface area contributed by atoms with Crippen LogP contribution in [0.25, 0.3) is 0 Å². The monoisotopic (exact) mass is 441 g/mol. The Morgan fingerprint density at radius 1 is 1.31 bits per heavy atom. The first-order chi connectivity index (χ1) is 13.5. The molecule has 4 rings (SSSR count). The van der Waals surface area contributed by atoms with Gasteiger partial charge in [0.1, 0.15) is 5.82 Å². The number of ether oxygens (including phenoxy) is 1. The van der Waals surface area contributed by atoms with E-state index in [0.717, 1.165) is 12.4 Å². The molecule has 1 fully saturated rings. The van der Waals surface area contributed by atoms with E-state index >= 15 is 0 Å². The number of hydrogen-bond acceptors (Lipinski definition) is 7. The molecule has 0 saturated carbocycles. The number of nitrogens with zero attached hydrogens (tertiary/aromatic N) is 3. The molecule has 2 aromatic rings. The maximum atomic E-state index is 14.8. The molecule has 2 atom stereocenters. The number of benzene rings is 1. The molecule has 1 aromatic heterocycles. The molecule has 2 aliphatic heterocycles. The fourth-order valence-corrected chi connectivity index (χ4v) is 4.48. The molecular formula is C18H18ClF2N5O2S. The fraction of sp³-hybridized carbons (Fsp3) is 0.333. The van der Waals surface area contributed by atoms with Crippen molar-refractivity contribution in [3.8, 4) is 0 Å². The van der Waals surface area contributed by atoms with Gasteiger partial charge in [0.05, 0.1) is 24.5 Å². The third-order valence-corrected chi connectivity index (χ3v) is 5.83. The number of hydrogen-bond donors (Lipinski definition) is 2. The topological polar surface area (TPSA) is 102 Å². The summed E-state index contributed by atoms with van der Waals surface area (Å²) in [5.74, 6) is -1.23. The number of rotatable bonds is 3. The smallest absolute Gasteiger partial charge is 0.293 e. The van der Waals surface area contributed by atoms with E-state index in [0.29, 0.717) is 41.8 Å². The molecule has 0 radical (unpaired) electrons. The van der Waals surface area contributed by atoms with Crippen molar-refractivity contribution in [3.05, 3.63) is 53.6 Å². The SMILES string of the molecule is Cl.NC1=N[C@@]2(c3cc(NC(=O)c4ncc(F)cn4)ccc3F)CCOC[C@H]2CS1. The summed E-state index contributed by atoms with van der Waals surface area (Å²) in [5.41, 5.74) is 5.85. The molecule has 11 heteroatoms. The van der Waals surface area contributed by atoms with Gasteiger partial charge < -0.3 is 15.8 Å². The van der Waals surface area contributed by atoms with E-state index in [9.17, 15) is 13.6 Å². The highest BCUT2D eigenvalue weighted by Gasteiger charge is 2.47. The summed E-state index contributed by atoms with van der Waals surface area (Å²) in [7, 11) is 0. The van der Waals surface area contributed by atoms with Gasteiger partial charge in [0.15, 0.2) is 11.0 Å². The lowest BCUT2D eigenvalue weighted by atomic mass is 9.75. The molecule has 2 aliphatic rings. The van der Waals surface area contributed by atoms with Crippen molar-refractivity contribution < 1.29 is 18.3 Å². The minimum atomic E-state index is -0.829. The Morgan fingerprint density at radius 3 is 2.83 bits per heavy atom. The van der Waals surface area contributed by atoms with E-state index in [1.807, 2.05) is 0 Å². The molecule has 0 spiro atoms. The van der Waals surface area contributed by atoms with E-state index in [1.54, 1.807) is 6.07 Å². The number of carbonyl (C=O) groups excluding carboxylic acids is 1. The van der Waals surface area contributed by atoms with Gasteiger partial charge >= 0.3 is 0 Å². The first-order valence-corrected chi connectivity index (χ1v) is 9.61. The molecule has 0 bridgehead atoms. The first kappa shape index (κ1) is 21.4. The quantitative estimate of drug-likeness (QED) is 0.759. The van der Waals surface area contributed by atoms with Crippen molar-refractivity contribution >= 4 is 40.9 Å². The molecule has 1 aromatic carbocycles. The second-order valence-electron chi connectivity index (χ2n) is 6.58. The average molecular weight is 442 g/mol. The predicted octanol–water partition coefficient (Wildman–Crippen LogP) is 2.72. The standard InChI is InChI=1S/C18H17F2N5O2S.ClH/c19-11-6-22-15(23-7-11)16(26)24-12-1-2-14(20)13(5-12)18-3-4-27-8-10(18)9-28-17(21)25-18;/h1-2,5-7,10H,3-4,8-9H2,(H2,21,25)(H,24,26);1H/t10-,18-;/m0./s1. The number of amidine groups is 1. The summed E-state index contributed by atoms with van der Waals surface area (Å²) in [6.45, 7) is 0.903. The third kappa shape index (κ3) is 4.19. The number of thioether (sulfide) groups is 1. The van der Waals surface area contributed by atoms with Gasteiger partial charge in [-0.15, -0.1) is 12.4 Å². The van der Waals surface area contributed by atoms with Crippen LogP contribution in [0.3, 0.4) is 0 Å². The highest BCUT2D eigenvalue weighted by atomic mass is 35.5. The van der Waals surface area contributed by atoms with Crippen molar-refractivity contribution in [2.45, 2.75) is 12.0 Å². The predicted molar refractivity (Wildman–Crippen MR) is 108 cm³/mol. The summed E-state index contributed by atoms with van der Waals surface area (Å²) < 4.78 is 33.3. The molecular weight excluding hydrogens is 424 g/mol. The number of aromatic nitrogens is 2. The van der Waals surface area contributed by atoms with Crippen molar-refractivity contribution in [1.29, 1.82) is 0 Å². The van der Waals surface area contributed by atoms with E-state index in [1.165, 1.54) is 23.9 Å². The van der Waals surface area contributed by atoms with Crippen molar-refractivity contribution in [2.24, 2.45) is 16.6 Å². The number of amides is 1. The number of halogens is 3. The van der Waals surface area contributed by atoms with Crippen LogP contribution in [0, 0.1) is 17.6 Å². The summed E-state index contributed by atoms with van der Waals surface area (Å²) in [6, 6.07) is 4.28. The zero-order chi connectivity index (χ0) is 19.7. The van der Waals surface area contributed by atoms with Crippen LogP contribution in [0.2, 0.25) is 0 Å². The number of fused-ring (bicyclic) bond motifs is 1. The maximum absolute atomic E-state index is 14.8. The molecule has 3 N–H and O–H groups in total. The average Bonchev–Trinajstić information content (AvgIpc) is 2.69. The van der Waals surface area contributed by atoms with Crippen LogP contribution in [-0.4, -0.2) is 40.0 Å². The van der Waals surface area contributed by atoms with Crippen LogP contribution >= 0.6 is 24.2 Å². The molecule has 29 heavy (non-hydrogen) atoms. The highest BCUT2D eigenvalue weighted by Crippen LogP contribution is 2.46. The van der Waals surface area contributed by atoms with E-state index in [2.05, 4.69) is 20.3 Å². The van der Waals surface area contributed by atoms with E-state index < -0.39 is 23.1 Å². The van der Waals surface area contributed by atoms with Gasteiger partial charge in [-0.05, 0) is 18.2 Å². The summed E-state index contributed by atoms with van der Waals surface area (Å²) in [5, 5.41) is 3.03. The minimum Gasteiger partial charge on any atom is -0.381 e. The number of nitrogens with one attached hydrogen (secondary N) is 1. The van der Waals surface area contributed by atoms with Crippen LogP contribution in [-0.2, 0) is 10.3 Å². The van der Waals surface area contributed by atoms with Gasteiger partial charge in [-0.1, -0.05) is 11.8 Å². The summed E-state index contributed by atoms with van der Waals surface area (Å²) >= 11 is 1.42. The Hall–Kier alpha value is -2.30. The second kappa shape index (κ2) is 8.60. The van der Waals surface area contributed by atoms with Crippen LogP contribution in [0.15, 0.2) is 35.6 Å². The Labute approximate surface area is 176 Å².